The smallest absolute Gasteiger partial charge is 0.264 e. The fraction of sp³-hybridized carbons (Fsp3) is 0.269. The van der Waals surface area contributed by atoms with Crippen molar-refractivity contribution >= 4 is 21.6 Å². The number of anilines is 1. The zero-order valence-electron chi connectivity index (χ0n) is 19.7. The molecule has 0 atom stereocenters. The van der Waals surface area contributed by atoms with E-state index in [0.29, 0.717) is 24.4 Å². The molecule has 1 amide bonds. The van der Waals surface area contributed by atoms with E-state index in [4.69, 9.17) is 9.47 Å². The minimum atomic E-state index is -3.97. The highest BCUT2D eigenvalue weighted by Crippen LogP contribution is 2.25. The van der Waals surface area contributed by atoms with Crippen molar-refractivity contribution in [3.05, 3.63) is 83.9 Å². The molecule has 0 bridgehead atoms. The molecule has 0 unspecified atom stereocenters. The molecule has 8 heteroatoms. The summed E-state index contributed by atoms with van der Waals surface area (Å²) in [6.45, 7) is 2.03. The van der Waals surface area contributed by atoms with Gasteiger partial charge < -0.3 is 14.8 Å². The zero-order valence-corrected chi connectivity index (χ0v) is 20.5. The van der Waals surface area contributed by atoms with Gasteiger partial charge in [0.05, 0.1) is 24.8 Å². The molecular formula is C26H30N2O5S. The Hall–Kier alpha value is -3.52. The minimum absolute atomic E-state index is 0.0831. The largest absolute Gasteiger partial charge is 0.497 e. The maximum Gasteiger partial charge on any atom is 0.264 e. The number of aryl methyl sites for hydroxylation is 2. The molecule has 7 nitrogen and oxygen atoms in total. The molecule has 34 heavy (non-hydrogen) atoms. The van der Waals surface area contributed by atoms with E-state index in [1.165, 1.54) is 19.2 Å². The van der Waals surface area contributed by atoms with E-state index in [9.17, 15) is 13.2 Å². The Kier molecular flexibility index (Phi) is 8.54. The van der Waals surface area contributed by atoms with Gasteiger partial charge in [-0.05, 0) is 73.9 Å². The van der Waals surface area contributed by atoms with Gasteiger partial charge in [-0.2, -0.15) is 0 Å². The third-order valence-electron chi connectivity index (χ3n) is 5.36. The van der Waals surface area contributed by atoms with Crippen LogP contribution in [0.2, 0.25) is 0 Å². The van der Waals surface area contributed by atoms with Crippen LogP contribution in [-0.2, 0) is 21.2 Å². The number of rotatable bonds is 11. The topological polar surface area (TPSA) is 84.9 Å². The van der Waals surface area contributed by atoms with Crippen LogP contribution in [0.5, 0.6) is 11.5 Å². The van der Waals surface area contributed by atoms with Crippen LogP contribution in [0.3, 0.4) is 0 Å². The van der Waals surface area contributed by atoms with Crippen LogP contribution in [0.1, 0.15) is 17.5 Å². The van der Waals surface area contributed by atoms with E-state index < -0.39 is 10.0 Å². The second-order valence-corrected chi connectivity index (χ2v) is 9.69. The molecule has 0 aliphatic carbocycles. The summed E-state index contributed by atoms with van der Waals surface area (Å²) in [7, 11) is -0.826. The lowest BCUT2D eigenvalue weighted by Gasteiger charge is -2.24. The standard InChI is InChI=1S/C26H30N2O5S/c1-20-9-11-22(12-10-20)28(34(30,31)25-15-13-23(32-2)14-16-25)19-26(29)27-17-5-7-21-6-4-8-24(18-21)33-3/h4,6,8-16,18H,5,7,17,19H2,1-3H3,(H,27,29). The SMILES string of the molecule is COc1ccc(S(=O)(=O)N(CC(=O)NCCCc2cccc(OC)c2)c2ccc(C)cc2)cc1. The second-order valence-electron chi connectivity index (χ2n) is 7.83. The van der Waals surface area contributed by atoms with E-state index in [1.54, 1.807) is 31.4 Å². The van der Waals surface area contributed by atoms with Gasteiger partial charge in [0.25, 0.3) is 10.0 Å². The first-order valence-corrected chi connectivity index (χ1v) is 12.4. The summed E-state index contributed by atoms with van der Waals surface area (Å²) in [6, 6.07) is 20.9. The first kappa shape index (κ1) is 25.1. The Balaban J connectivity index is 1.69. The minimum Gasteiger partial charge on any atom is -0.497 e. The maximum absolute atomic E-state index is 13.4. The molecule has 0 radical (unpaired) electrons. The van der Waals surface area contributed by atoms with Crippen molar-refractivity contribution in [3.63, 3.8) is 0 Å². The fourth-order valence-corrected chi connectivity index (χ4v) is 4.86. The number of nitrogens with zero attached hydrogens (tertiary/aromatic N) is 1. The number of hydrogen-bond donors (Lipinski definition) is 1. The molecule has 3 aromatic rings. The van der Waals surface area contributed by atoms with E-state index in [2.05, 4.69) is 5.32 Å². The summed E-state index contributed by atoms with van der Waals surface area (Å²) in [5, 5.41) is 2.84. The van der Waals surface area contributed by atoms with E-state index in [1.807, 2.05) is 43.3 Å². The molecule has 3 rings (SSSR count). The summed E-state index contributed by atoms with van der Waals surface area (Å²) in [4.78, 5) is 12.8. The van der Waals surface area contributed by atoms with Crippen molar-refractivity contribution < 1.29 is 22.7 Å². The lowest BCUT2D eigenvalue weighted by Crippen LogP contribution is -2.41. The predicted molar refractivity (Wildman–Crippen MR) is 133 cm³/mol. The monoisotopic (exact) mass is 482 g/mol. The van der Waals surface area contributed by atoms with Gasteiger partial charge in [-0.25, -0.2) is 8.42 Å². The highest BCUT2D eigenvalue weighted by molar-refractivity contribution is 7.92. The Labute approximate surface area is 201 Å². The van der Waals surface area contributed by atoms with Crippen LogP contribution in [0.15, 0.2) is 77.7 Å². The van der Waals surface area contributed by atoms with Gasteiger partial charge in [0.1, 0.15) is 18.0 Å². The summed E-state index contributed by atoms with van der Waals surface area (Å²) in [5.41, 5.74) is 2.53. The Bertz CT molecular complexity index is 1190. The van der Waals surface area contributed by atoms with Crippen molar-refractivity contribution in [2.75, 3.05) is 31.6 Å². The number of methoxy groups -OCH3 is 2. The molecule has 1 N–H and O–H groups in total. The second kappa shape index (κ2) is 11.6. The Morgan fingerprint density at radius 1 is 0.912 bits per heavy atom. The van der Waals surface area contributed by atoms with Crippen molar-refractivity contribution in [3.8, 4) is 11.5 Å². The van der Waals surface area contributed by atoms with Gasteiger partial charge in [-0.15, -0.1) is 0 Å². The number of carbonyl (C=O) groups is 1. The molecule has 3 aromatic carbocycles. The number of amides is 1. The van der Waals surface area contributed by atoms with Crippen LogP contribution >= 0.6 is 0 Å². The number of carbonyl (C=O) groups excluding carboxylic acids is 1. The van der Waals surface area contributed by atoms with Gasteiger partial charge in [0.15, 0.2) is 0 Å². The lowest BCUT2D eigenvalue weighted by molar-refractivity contribution is -0.119. The molecule has 0 aliphatic heterocycles. The molecule has 0 saturated carbocycles. The molecule has 0 heterocycles. The highest BCUT2D eigenvalue weighted by Gasteiger charge is 2.27. The number of ether oxygens (including phenoxy) is 2. The van der Waals surface area contributed by atoms with Gasteiger partial charge in [0.2, 0.25) is 5.91 Å². The predicted octanol–water partition coefficient (Wildman–Crippen LogP) is 3.96. The summed E-state index contributed by atoms with van der Waals surface area (Å²) in [5.74, 6) is 0.969. The first-order valence-electron chi connectivity index (χ1n) is 11.0. The number of benzene rings is 3. The van der Waals surface area contributed by atoms with Gasteiger partial charge in [0, 0.05) is 6.54 Å². The first-order chi connectivity index (χ1) is 16.3. The van der Waals surface area contributed by atoms with Crippen LogP contribution < -0.4 is 19.1 Å². The summed E-state index contributed by atoms with van der Waals surface area (Å²) < 4.78 is 38.3. The van der Waals surface area contributed by atoms with Gasteiger partial charge >= 0.3 is 0 Å². The normalized spacial score (nSPS) is 11.0. The van der Waals surface area contributed by atoms with Crippen LogP contribution in [0, 0.1) is 6.92 Å². The quantitative estimate of drug-likeness (QED) is 0.418. The van der Waals surface area contributed by atoms with Crippen molar-refractivity contribution in [1.29, 1.82) is 0 Å². The Morgan fingerprint density at radius 2 is 1.59 bits per heavy atom. The summed E-state index contributed by atoms with van der Waals surface area (Å²) in [6.07, 6.45) is 1.48. The molecule has 0 saturated heterocycles. The van der Waals surface area contributed by atoms with E-state index in [0.717, 1.165) is 27.6 Å². The lowest BCUT2D eigenvalue weighted by atomic mass is 10.1. The van der Waals surface area contributed by atoms with Gasteiger partial charge in [-0.1, -0.05) is 29.8 Å². The number of sulfonamides is 1. The van der Waals surface area contributed by atoms with E-state index >= 15 is 0 Å². The van der Waals surface area contributed by atoms with Crippen LogP contribution in [-0.4, -0.2) is 41.6 Å². The summed E-state index contributed by atoms with van der Waals surface area (Å²) >= 11 is 0. The van der Waals surface area contributed by atoms with Crippen molar-refractivity contribution in [2.45, 2.75) is 24.7 Å². The molecule has 0 fully saturated rings. The molecule has 0 aromatic heterocycles. The Morgan fingerprint density at radius 3 is 2.24 bits per heavy atom. The zero-order chi connectivity index (χ0) is 24.6. The molecular weight excluding hydrogens is 452 g/mol. The number of nitrogens with one attached hydrogen (secondary N) is 1. The molecule has 0 aliphatic rings. The maximum atomic E-state index is 13.4. The van der Waals surface area contributed by atoms with Crippen LogP contribution in [0.4, 0.5) is 5.69 Å². The third-order valence-corrected chi connectivity index (χ3v) is 7.14. The third kappa shape index (κ3) is 6.51. The molecule has 0 spiro atoms. The average Bonchev–Trinajstić information content (AvgIpc) is 2.86. The molecule has 180 valence electrons. The fourth-order valence-electron chi connectivity index (χ4n) is 3.44. The van der Waals surface area contributed by atoms with Gasteiger partial charge in [-0.3, -0.25) is 9.10 Å². The average molecular weight is 483 g/mol. The number of hydrogen-bond acceptors (Lipinski definition) is 5. The van der Waals surface area contributed by atoms with Crippen LogP contribution in [0.25, 0.3) is 0 Å². The van der Waals surface area contributed by atoms with Crippen molar-refractivity contribution in [1.82, 2.24) is 5.32 Å². The highest BCUT2D eigenvalue weighted by atomic mass is 32.2. The van der Waals surface area contributed by atoms with Crippen molar-refractivity contribution in [2.24, 2.45) is 0 Å². The van der Waals surface area contributed by atoms with E-state index in [-0.39, 0.29) is 17.3 Å².